The van der Waals surface area contributed by atoms with E-state index in [9.17, 15) is 4.79 Å². The largest absolute Gasteiger partial charge is 0.378 e. The van der Waals surface area contributed by atoms with Crippen LogP contribution >= 0.6 is 0 Å². The lowest BCUT2D eigenvalue weighted by atomic mass is 9.91. The van der Waals surface area contributed by atoms with Gasteiger partial charge in [0.1, 0.15) is 0 Å². The Balaban J connectivity index is 1.67. The highest BCUT2D eigenvalue weighted by Gasteiger charge is 2.25. The lowest BCUT2D eigenvalue weighted by Crippen LogP contribution is -2.35. The lowest BCUT2D eigenvalue weighted by Gasteiger charge is -2.28. The first-order valence-electron chi connectivity index (χ1n) is 9.54. The maximum atomic E-state index is 13.2. The second kappa shape index (κ2) is 9.48. The van der Waals surface area contributed by atoms with Gasteiger partial charge in [0.15, 0.2) is 0 Å². The number of ether oxygens (including phenoxy) is 1. The highest BCUT2D eigenvalue weighted by molar-refractivity contribution is 5.83. The van der Waals surface area contributed by atoms with Gasteiger partial charge in [-0.15, -0.1) is 0 Å². The molecule has 1 aromatic heterocycles. The summed E-state index contributed by atoms with van der Waals surface area (Å²) in [7, 11) is 1.91. The first-order chi connectivity index (χ1) is 12.7. The number of carbonyl (C=O) groups excluding carboxylic acids is 1. The Morgan fingerprint density at radius 3 is 2.77 bits per heavy atom. The van der Waals surface area contributed by atoms with Gasteiger partial charge in [-0.1, -0.05) is 36.4 Å². The number of likely N-dealkylation sites (N-methyl/N-ethyl adjacent to an activating group) is 1. The van der Waals surface area contributed by atoms with E-state index in [2.05, 4.69) is 4.98 Å². The van der Waals surface area contributed by atoms with Gasteiger partial charge in [0.25, 0.3) is 0 Å². The lowest BCUT2D eigenvalue weighted by molar-refractivity contribution is -0.132. The average Bonchev–Trinajstić information content (AvgIpc) is 2.72. The molecule has 1 fully saturated rings. The fourth-order valence-electron chi connectivity index (χ4n) is 3.54. The van der Waals surface area contributed by atoms with E-state index in [1.54, 1.807) is 6.20 Å². The summed E-state index contributed by atoms with van der Waals surface area (Å²) in [5.74, 6) is -0.0199. The van der Waals surface area contributed by atoms with Crippen LogP contribution in [0.5, 0.6) is 0 Å². The fraction of sp³-hybridized carbons (Fsp3) is 0.455. The zero-order valence-electron chi connectivity index (χ0n) is 15.5. The summed E-state index contributed by atoms with van der Waals surface area (Å²) in [6.45, 7) is 1.59. The molecule has 1 aromatic carbocycles. The summed E-state index contributed by atoms with van der Waals surface area (Å²) in [5.41, 5.74) is 2.14. The molecule has 2 aromatic rings. The van der Waals surface area contributed by atoms with Crippen molar-refractivity contribution in [1.29, 1.82) is 0 Å². The summed E-state index contributed by atoms with van der Waals surface area (Å²) >= 11 is 0. The molecule has 2 heterocycles. The van der Waals surface area contributed by atoms with Crippen LogP contribution < -0.4 is 0 Å². The molecule has 4 nitrogen and oxygen atoms in total. The monoisotopic (exact) mass is 352 g/mol. The van der Waals surface area contributed by atoms with Crippen molar-refractivity contribution in [1.82, 2.24) is 9.88 Å². The van der Waals surface area contributed by atoms with Crippen molar-refractivity contribution in [3.05, 3.63) is 66.0 Å². The smallest absolute Gasteiger partial charge is 0.230 e. The Morgan fingerprint density at radius 1 is 1.23 bits per heavy atom. The maximum Gasteiger partial charge on any atom is 0.230 e. The van der Waals surface area contributed by atoms with Gasteiger partial charge in [0, 0.05) is 32.6 Å². The van der Waals surface area contributed by atoms with Gasteiger partial charge >= 0.3 is 0 Å². The first kappa shape index (κ1) is 18.6. The van der Waals surface area contributed by atoms with E-state index in [1.165, 1.54) is 6.42 Å². The topological polar surface area (TPSA) is 42.4 Å². The van der Waals surface area contributed by atoms with Crippen LogP contribution in [0.15, 0.2) is 54.9 Å². The third-order valence-electron chi connectivity index (χ3n) is 5.10. The molecule has 26 heavy (non-hydrogen) atoms. The summed E-state index contributed by atoms with van der Waals surface area (Å²) in [6, 6.07) is 14.0. The summed E-state index contributed by atoms with van der Waals surface area (Å²) in [5, 5.41) is 0. The SMILES string of the molecule is CN(CCC1CCCCO1)C(=O)C(Cc1cccnc1)c1ccccc1. The third kappa shape index (κ3) is 5.15. The van der Waals surface area contributed by atoms with Gasteiger partial charge in [-0.25, -0.2) is 0 Å². The zero-order chi connectivity index (χ0) is 18.2. The fourth-order valence-corrected chi connectivity index (χ4v) is 3.54. The van der Waals surface area contributed by atoms with Crippen LogP contribution in [0.4, 0.5) is 0 Å². The minimum absolute atomic E-state index is 0.163. The molecule has 1 amide bonds. The Kier molecular flexibility index (Phi) is 6.78. The quantitative estimate of drug-likeness (QED) is 0.761. The van der Waals surface area contributed by atoms with E-state index < -0.39 is 0 Å². The van der Waals surface area contributed by atoms with Crippen LogP contribution in [-0.4, -0.2) is 42.1 Å². The third-order valence-corrected chi connectivity index (χ3v) is 5.10. The van der Waals surface area contributed by atoms with E-state index in [0.717, 1.165) is 43.5 Å². The number of carbonyl (C=O) groups is 1. The van der Waals surface area contributed by atoms with Crippen molar-refractivity contribution in [2.75, 3.05) is 20.2 Å². The van der Waals surface area contributed by atoms with Crippen molar-refractivity contribution < 1.29 is 9.53 Å². The van der Waals surface area contributed by atoms with Gasteiger partial charge in [-0.3, -0.25) is 9.78 Å². The summed E-state index contributed by atoms with van der Waals surface area (Å²) in [6.07, 6.45) is 8.99. The molecule has 0 spiro atoms. The molecule has 138 valence electrons. The van der Waals surface area contributed by atoms with Gasteiger partial charge < -0.3 is 9.64 Å². The minimum Gasteiger partial charge on any atom is -0.378 e. The predicted molar refractivity (Wildman–Crippen MR) is 103 cm³/mol. The Hall–Kier alpha value is -2.20. The summed E-state index contributed by atoms with van der Waals surface area (Å²) in [4.78, 5) is 19.2. The zero-order valence-corrected chi connectivity index (χ0v) is 15.5. The van der Waals surface area contributed by atoms with E-state index >= 15 is 0 Å². The van der Waals surface area contributed by atoms with E-state index in [-0.39, 0.29) is 11.8 Å². The Labute approximate surface area is 156 Å². The van der Waals surface area contributed by atoms with Crippen LogP contribution in [0.3, 0.4) is 0 Å². The number of rotatable bonds is 7. The molecule has 3 rings (SSSR count). The molecule has 1 aliphatic heterocycles. The molecule has 2 unspecified atom stereocenters. The molecule has 2 atom stereocenters. The van der Waals surface area contributed by atoms with Gasteiger partial charge in [0.05, 0.1) is 12.0 Å². The molecule has 1 aliphatic rings. The van der Waals surface area contributed by atoms with Crippen LogP contribution in [0.25, 0.3) is 0 Å². The van der Waals surface area contributed by atoms with Crippen LogP contribution in [0.1, 0.15) is 42.7 Å². The first-order valence-corrected chi connectivity index (χ1v) is 9.54. The number of benzene rings is 1. The molecular weight excluding hydrogens is 324 g/mol. The summed E-state index contributed by atoms with van der Waals surface area (Å²) < 4.78 is 5.80. The highest BCUT2D eigenvalue weighted by atomic mass is 16.5. The number of aromatic nitrogens is 1. The molecular formula is C22H28N2O2. The van der Waals surface area contributed by atoms with Gasteiger partial charge in [0.2, 0.25) is 5.91 Å². The van der Waals surface area contributed by atoms with Gasteiger partial charge in [-0.05, 0) is 49.3 Å². The Morgan fingerprint density at radius 2 is 2.08 bits per heavy atom. The molecule has 0 aliphatic carbocycles. The molecule has 4 heteroatoms. The average molecular weight is 352 g/mol. The number of nitrogens with zero attached hydrogens (tertiary/aromatic N) is 2. The normalized spacial score (nSPS) is 18.3. The molecule has 0 radical (unpaired) electrons. The highest BCUT2D eigenvalue weighted by Crippen LogP contribution is 2.24. The molecule has 0 saturated carbocycles. The van der Waals surface area contributed by atoms with Crippen molar-refractivity contribution in [2.24, 2.45) is 0 Å². The minimum atomic E-state index is -0.183. The van der Waals surface area contributed by atoms with E-state index in [1.807, 2.05) is 60.6 Å². The Bertz CT molecular complexity index is 669. The standard InChI is InChI=1S/C22H28N2O2/c1-24(14-12-20-11-5-6-15-26-20)22(25)21(19-9-3-2-4-10-19)16-18-8-7-13-23-17-18/h2-4,7-10,13,17,20-21H,5-6,11-12,14-16H2,1H3. The van der Waals surface area contributed by atoms with Crippen molar-refractivity contribution in [3.63, 3.8) is 0 Å². The van der Waals surface area contributed by atoms with Crippen LogP contribution in [0.2, 0.25) is 0 Å². The van der Waals surface area contributed by atoms with Crippen molar-refractivity contribution in [3.8, 4) is 0 Å². The molecule has 0 N–H and O–H groups in total. The predicted octanol–water partition coefficient (Wildman–Crippen LogP) is 3.83. The van der Waals surface area contributed by atoms with Crippen LogP contribution in [0, 0.1) is 0 Å². The van der Waals surface area contributed by atoms with Crippen molar-refractivity contribution in [2.45, 2.75) is 44.1 Å². The van der Waals surface area contributed by atoms with E-state index in [4.69, 9.17) is 4.74 Å². The molecule has 1 saturated heterocycles. The van der Waals surface area contributed by atoms with E-state index in [0.29, 0.717) is 12.5 Å². The number of hydrogen-bond acceptors (Lipinski definition) is 3. The number of pyridine rings is 1. The molecule has 0 bridgehead atoms. The number of amides is 1. The maximum absolute atomic E-state index is 13.2. The number of hydrogen-bond donors (Lipinski definition) is 0. The second-order valence-corrected chi connectivity index (χ2v) is 7.07. The second-order valence-electron chi connectivity index (χ2n) is 7.07. The van der Waals surface area contributed by atoms with Gasteiger partial charge in [-0.2, -0.15) is 0 Å². The van der Waals surface area contributed by atoms with Crippen LogP contribution in [-0.2, 0) is 16.0 Å². The van der Waals surface area contributed by atoms with Crippen molar-refractivity contribution >= 4 is 5.91 Å².